The Morgan fingerprint density at radius 1 is 1.33 bits per heavy atom. The largest absolute Gasteiger partial charge is 0.375 e. The van der Waals surface area contributed by atoms with E-state index in [1.54, 1.807) is 31.1 Å². The van der Waals surface area contributed by atoms with Crippen molar-refractivity contribution in [3.8, 4) is 0 Å². The van der Waals surface area contributed by atoms with E-state index in [1.807, 2.05) is 0 Å². The first-order valence-electron chi connectivity index (χ1n) is 6.95. The van der Waals surface area contributed by atoms with Gasteiger partial charge in [-0.2, -0.15) is 0 Å². The molecule has 2 rings (SSSR count). The molecule has 1 fully saturated rings. The maximum atomic E-state index is 13.9. The van der Waals surface area contributed by atoms with Crippen molar-refractivity contribution in [2.75, 3.05) is 19.0 Å². The Morgan fingerprint density at radius 3 is 2.57 bits per heavy atom. The SMILES string of the molecule is CN(C)c1ccc(C(=O)N[C@@H]2CC[C@H](C(N)=O)C2)cc1F. The third-order valence-corrected chi connectivity index (χ3v) is 3.86. The molecule has 114 valence electrons. The van der Waals surface area contributed by atoms with Gasteiger partial charge in [-0.05, 0) is 37.5 Å². The molecule has 0 radical (unpaired) electrons. The summed E-state index contributed by atoms with van der Waals surface area (Å²) in [5.41, 5.74) is 5.97. The summed E-state index contributed by atoms with van der Waals surface area (Å²) in [6.07, 6.45) is 1.96. The van der Waals surface area contributed by atoms with Crippen LogP contribution in [0, 0.1) is 11.7 Å². The second kappa shape index (κ2) is 6.11. The van der Waals surface area contributed by atoms with Crippen molar-refractivity contribution < 1.29 is 14.0 Å². The number of carbonyl (C=O) groups excluding carboxylic acids is 2. The topological polar surface area (TPSA) is 75.4 Å². The number of nitrogens with two attached hydrogens (primary N) is 1. The molecule has 1 aliphatic rings. The van der Waals surface area contributed by atoms with Crippen molar-refractivity contribution in [2.24, 2.45) is 11.7 Å². The molecule has 0 saturated heterocycles. The fraction of sp³-hybridized carbons (Fsp3) is 0.467. The molecule has 21 heavy (non-hydrogen) atoms. The van der Waals surface area contributed by atoms with Crippen molar-refractivity contribution in [1.29, 1.82) is 0 Å². The molecule has 1 aromatic rings. The minimum atomic E-state index is -0.436. The number of primary amides is 1. The number of amides is 2. The molecule has 0 aliphatic heterocycles. The summed E-state index contributed by atoms with van der Waals surface area (Å²) in [4.78, 5) is 24.9. The summed E-state index contributed by atoms with van der Waals surface area (Å²) in [6.45, 7) is 0. The van der Waals surface area contributed by atoms with E-state index in [1.165, 1.54) is 6.07 Å². The average molecular weight is 293 g/mol. The van der Waals surface area contributed by atoms with Gasteiger partial charge in [0.2, 0.25) is 5.91 Å². The van der Waals surface area contributed by atoms with Gasteiger partial charge in [-0.15, -0.1) is 0 Å². The van der Waals surface area contributed by atoms with Crippen molar-refractivity contribution >= 4 is 17.5 Å². The summed E-state index contributed by atoms with van der Waals surface area (Å²) in [5.74, 6) is -1.26. The Bertz CT molecular complexity index is 560. The van der Waals surface area contributed by atoms with Gasteiger partial charge in [0, 0.05) is 31.6 Å². The summed E-state index contributed by atoms with van der Waals surface area (Å²) in [7, 11) is 3.47. The molecule has 0 spiro atoms. The standard InChI is InChI=1S/C15H20FN3O2/c1-19(2)13-6-4-10(8-12(13)16)15(21)18-11-5-3-9(7-11)14(17)20/h4,6,8-9,11H,3,5,7H2,1-2H3,(H2,17,20)(H,18,21)/t9-,11+/m0/s1. The van der Waals surface area contributed by atoms with Crippen molar-refractivity contribution in [3.05, 3.63) is 29.6 Å². The van der Waals surface area contributed by atoms with Crippen LogP contribution in [0.5, 0.6) is 0 Å². The Balaban J connectivity index is 2.01. The van der Waals surface area contributed by atoms with E-state index in [9.17, 15) is 14.0 Å². The van der Waals surface area contributed by atoms with Crippen LogP contribution in [-0.4, -0.2) is 32.0 Å². The molecule has 1 saturated carbocycles. The molecule has 5 nitrogen and oxygen atoms in total. The van der Waals surface area contributed by atoms with Crippen LogP contribution >= 0.6 is 0 Å². The molecule has 0 heterocycles. The Kier molecular flexibility index (Phi) is 4.45. The van der Waals surface area contributed by atoms with Crippen molar-refractivity contribution in [2.45, 2.75) is 25.3 Å². The minimum Gasteiger partial charge on any atom is -0.375 e. The fourth-order valence-electron chi connectivity index (χ4n) is 2.65. The van der Waals surface area contributed by atoms with E-state index in [-0.39, 0.29) is 29.3 Å². The van der Waals surface area contributed by atoms with Crippen LogP contribution < -0.4 is 16.0 Å². The van der Waals surface area contributed by atoms with Crippen LogP contribution in [0.25, 0.3) is 0 Å². The normalized spacial score (nSPS) is 21.1. The first kappa shape index (κ1) is 15.3. The van der Waals surface area contributed by atoms with E-state index >= 15 is 0 Å². The monoisotopic (exact) mass is 293 g/mol. The van der Waals surface area contributed by atoms with Crippen LogP contribution in [0.15, 0.2) is 18.2 Å². The summed E-state index contributed by atoms with van der Waals surface area (Å²) >= 11 is 0. The lowest BCUT2D eigenvalue weighted by molar-refractivity contribution is -0.121. The molecular weight excluding hydrogens is 273 g/mol. The number of rotatable bonds is 4. The zero-order valence-electron chi connectivity index (χ0n) is 12.2. The maximum Gasteiger partial charge on any atom is 0.251 e. The third kappa shape index (κ3) is 3.51. The van der Waals surface area contributed by atoms with Gasteiger partial charge in [0.05, 0.1) is 5.69 Å². The van der Waals surface area contributed by atoms with Crippen LogP contribution in [0.4, 0.5) is 10.1 Å². The maximum absolute atomic E-state index is 13.9. The van der Waals surface area contributed by atoms with Crippen LogP contribution in [0.3, 0.4) is 0 Å². The van der Waals surface area contributed by atoms with Gasteiger partial charge in [0.25, 0.3) is 5.91 Å². The highest BCUT2D eigenvalue weighted by molar-refractivity contribution is 5.94. The summed E-state index contributed by atoms with van der Waals surface area (Å²) in [6, 6.07) is 4.32. The highest BCUT2D eigenvalue weighted by Crippen LogP contribution is 2.25. The molecule has 3 N–H and O–H groups in total. The first-order chi connectivity index (χ1) is 9.88. The Labute approximate surface area is 123 Å². The lowest BCUT2D eigenvalue weighted by Crippen LogP contribution is -2.34. The number of nitrogens with one attached hydrogen (secondary N) is 1. The van der Waals surface area contributed by atoms with Crippen molar-refractivity contribution in [1.82, 2.24) is 5.32 Å². The van der Waals surface area contributed by atoms with Gasteiger partial charge < -0.3 is 16.0 Å². The molecule has 2 amide bonds. The van der Waals surface area contributed by atoms with Gasteiger partial charge >= 0.3 is 0 Å². The van der Waals surface area contributed by atoms with E-state index in [0.29, 0.717) is 18.5 Å². The smallest absolute Gasteiger partial charge is 0.251 e. The zero-order valence-corrected chi connectivity index (χ0v) is 12.2. The highest BCUT2D eigenvalue weighted by Gasteiger charge is 2.29. The lowest BCUT2D eigenvalue weighted by atomic mass is 10.1. The Hall–Kier alpha value is -2.11. The number of halogens is 1. The second-order valence-electron chi connectivity index (χ2n) is 5.64. The second-order valence-corrected chi connectivity index (χ2v) is 5.64. The molecule has 6 heteroatoms. The number of anilines is 1. The van der Waals surface area contributed by atoms with E-state index in [2.05, 4.69) is 5.32 Å². The third-order valence-electron chi connectivity index (χ3n) is 3.86. The number of hydrogen-bond donors (Lipinski definition) is 2. The summed E-state index contributed by atoms with van der Waals surface area (Å²) < 4.78 is 13.9. The fourth-order valence-corrected chi connectivity index (χ4v) is 2.65. The predicted octanol–water partition coefficient (Wildman–Crippen LogP) is 1.28. The molecule has 2 atom stereocenters. The van der Waals surface area contributed by atoms with Crippen LogP contribution in [0.1, 0.15) is 29.6 Å². The van der Waals surface area contributed by atoms with Crippen LogP contribution in [0.2, 0.25) is 0 Å². The molecule has 1 aromatic carbocycles. The number of carbonyl (C=O) groups is 2. The van der Waals surface area contributed by atoms with Gasteiger partial charge in [-0.25, -0.2) is 4.39 Å². The lowest BCUT2D eigenvalue weighted by Gasteiger charge is -2.15. The number of benzene rings is 1. The minimum absolute atomic E-state index is 0.0772. The van der Waals surface area contributed by atoms with Gasteiger partial charge in [-0.1, -0.05) is 0 Å². The number of hydrogen-bond acceptors (Lipinski definition) is 3. The number of nitrogens with zero attached hydrogens (tertiary/aromatic N) is 1. The quantitative estimate of drug-likeness (QED) is 0.878. The van der Waals surface area contributed by atoms with Crippen molar-refractivity contribution in [3.63, 3.8) is 0 Å². The zero-order chi connectivity index (χ0) is 15.6. The average Bonchev–Trinajstić information content (AvgIpc) is 2.86. The van der Waals surface area contributed by atoms with E-state index in [0.717, 1.165) is 6.42 Å². The molecule has 1 aliphatic carbocycles. The van der Waals surface area contributed by atoms with E-state index in [4.69, 9.17) is 5.73 Å². The van der Waals surface area contributed by atoms with Gasteiger partial charge in [0.1, 0.15) is 5.82 Å². The Morgan fingerprint density at radius 2 is 2.05 bits per heavy atom. The highest BCUT2D eigenvalue weighted by atomic mass is 19.1. The predicted molar refractivity (Wildman–Crippen MR) is 78.5 cm³/mol. The van der Waals surface area contributed by atoms with E-state index < -0.39 is 5.82 Å². The summed E-state index contributed by atoms with van der Waals surface area (Å²) in [5, 5.41) is 2.83. The molecule has 0 bridgehead atoms. The molecule has 0 unspecified atom stereocenters. The van der Waals surface area contributed by atoms with Gasteiger partial charge in [0.15, 0.2) is 0 Å². The van der Waals surface area contributed by atoms with Gasteiger partial charge in [-0.3, -0.25) is 9.59 Å². The first-order valence-corrected chi connectivity index (χ1v) is 6.95. The van der Waals surface area contributed by atoms with Crippen LogP contribution in [-0.2, 0) is 4.79 Å². The molecule has 0 aromatic heterocycles. The molecular formula is C15H20FN3O2.